The molecule has 0 spiro atoms. The lowest BCUT2D eigenvalue weighted by Gasteiger charge is -2.15. The molecule has 3 aromatic rings. The molecule has 0 saturated heterocycles. The van der Waals surface area contributed by atoms with E-state index in [1.165, 1.54) is 0 Å². The third-order valence-electron chi connectivity index (χ3n) is 4.33. The molecule has 0 radical (unpaired) electrons. The van der Waals surface area contributed by atoms with Crippen LogP contribution in [0.1, 0.15) is 18.1 Å². The van der Waals surface area contributed by atoms with E-state index in [0.717, 1.165) is 22.6 Å². The van der Waals surface area contributed by atoms with Crippen molar-refractivity contribution >= 4 is 28.9 Å². The highest BCUT2D eigenvalue weighted by atomic mass is 35.5. The molecule has 4 nitrogen and oxygen atoms in total. The van der Waals surface area contributed by atoms with Gasteiger partial charge in [-0.3, -0.25) is 0 Å². The van der Waals surface area contributed by atoms with E-state index in [4.69, 9.17) is 37.4 Å². The van der Waals surface area contributed by atoms with Crippen LogP contribution in [0.5, 0.6) is 17.2 Å². The molecule has 0 fully saturated rings. The molecule has 0 aliphatic carbocycles. The molecule has 0 aliphatic heterocycles. The van der Waals surface area contributed by atoms with E-state index < -0.39 is 0 Å². The summed E-state index contributed by atoms with van der Waals surface area (Å²) in [6.45, 7) is 3.40. The minimum Gasteiger partial charge on any atom is -0.497 e. The Morgan fingerprint density at radius 3 is 2.24 bits per heavy atom. The summed E-state index contributed by atoms with van der Waals surface area (Å²) in [5.74, 6) is 2.16. The van der Waals surface area contributed by atoms with Gasteiger partial charge in [0.15, 0.2) is 11.5 Å². The summed E-state index contributed by atoms with van der Waals surface area (Å²) in [6, 6.07) is 19.1. The van der Waals surface area contributed by atoms with Gasteiger partial charge < -0.3 is 19.5 Å². The molecule has 0 atom stereocenters. The lowest BCUT2D eigenvalue weighted by atomic mass is 10.2. The van der Waals surface area contributed by atoms with Gasteiger partial charge in [-0.1, -0.05) is 35.3 Å². The minimum absolute atomic E-state index is 0.266. The van der Waals surface area contributed by atoms with Crippen LogP contribution in [0.2, 0.25) is 10.0 Å². The number of methoxy groups -OCH3 is 1. The van der Waals surface area contributed by atoms with E-state index in [0.29, 0.717) is 34.7 Å². The Hall–Kier alpha value is -2.56. The van der Waals surface area contributed by atoms with E-state index in [9.17, 15) is 0 Å². The first-order chi connectivity index (χ1) is 14.1. The van der Waals surface area contributed by atoms with Crippen molar-refractivity contribution in [2.75, 3.05) is 19.0 Å². The zero-order valence-electron chi connectivity index (χ0n) is 16.4. The molecule has 0 bridgehead atoms. The Balaban J connectivity index is 1.69. The van der Waals surface area contributed by atoms with Crippen molar-refractivity contribution in [2.24, 2.45) is 0 Å². The zero-order chi connectivity index (χ0) is 20.6. The first-order valence-corrected chi connectivity index (χ1v) is 10.1. The maximum atomic E-state index is 6.23. The van der Waals surface area contributed by atoms with E-state index in [1.807, 2.05) is 55.5 Å². The maximum absolute atomic E-state index is 6.23. The first kappa shape index (κ1) is 21.2. The smallest absolute Gasteiger partial charge is 0.161 e. The van der Waals surface area contributed by atoms with E-state index in [-0.39, 0.29) is 6.61 Å². The summed E-state index contributed by atoms with van der Waals surface area (Å²) in [6.07, 6.45) is 0. The predicted octanol–water partition coefficient (Wildman–Crippen LogP) is 6.59. The predicted molar refractivity (Wildman–Crippen MR) is 119 cm³/mol. The van der Waals surface area contributed by atoms with Crippen LogP contribution in [-0.4, -0.2) is 13.7 Å². The average Bonchev–Trinajstić information content (AvgIpc) is 2.73. The number of hydrogen-bond donors (Lipinski definition) is 1. The molecule has 0 heterocycles. The third-order valence-corrected chi connectivity index (χ3v) is 5.04. The van der Waals surface area contributed by atoms with Gasteiger partial charge in [0, 0.05) is 27.8 Å². The van der Waals surface area contributed by atoms with Crippen molar-refractivity contribution in [3.8, 4) is 17.2 Å². The second-order valence-corrected chi connectivity index (χ2v) is 7.10. The number of rotatable bonds is 9. The second kappa shape index (κ2) is 10.3. The van der Waals surface area contributed by atoms with E-state index in [2.05, 4.69) is 5.32 Å². The minimum atomic E-state index is 0.266. The van der Waals surface area contributed by atoms with Crippen LogP contribution in [0.25, 0.3) is 0 Å². The first-order valence-electron chi connectivity index (χ1n) is 9.30. The normalized spacial score (nSPS) is 10.5. The average molecular weight is 432 g/mol. The molecule has 6 heteroatoms. The zero-order valence-corrected chi connectivity index (χ0v) is 17.9. The van der Waals surface area contributed by atoms with Gasteiger partial charge in [-0.25, -0.2) is 0 Å². The fourth-order valence-corrected chi connectivity index (χ4v) is 3.29. The Kier molecular flexibility index (Phi) is 7.50. The molecule has 3 aromatic carbocycles. The summed E-state index contributed by atoms with van der Waals surface area (Å²) >= 11 is 12.5. The molecule has 3 rings (SSSR count). The van der Waals surface area contributed by atoms with Crippen LogP contribution in [-0.2, 0) is 13.2 Å². The Bertz CT molecular complexity index is 925. The van der Waals surface area contributed by atoms with Crippen molar-refractivity contribution in [2.45, 2.75) is 20.1 Å². The molecule has 0 aliphatic rings. The highest BCUT2D eigenvalue weighted by molar-refractivity contribution is 6.35. The van der Waals surface area contributed by atoms with Crippen molar-refractivity contribution in [3.05, 3.63) is 81.8 Å². The van der Waals surface area contributed by atoms with Crippen molar-refractivity contribution in [1.29, 1.82) is 0 Å². The summed E-state index contributed by atoms with van der Waals surface area (Å²) in [4.78, 5) is 0. The molecule has 0 aromatic heterocycles. The van der Waals surface area contributed by atoms with Gasteiger partial charge in [0.1, 0.15) is 12.4 Å². The number of hydrogen-bond acceptors (Lipinski definition) is 4. The molecule has 29 heavy (non-hydrogen) atoms. The quantitative estimate of drug-likeness (QED) is 0.414. The van der Waals surface area contributed by atoms with E-state index in [1.54, 1.807) is 19.2 Å². The summed E-state index contributed by atoms with van der Waals surface area (Å²) < 4.78 is 16.9. The van der Waals surface area contributed by atoms with Crippen LogP contribution >= 0.6 is 23.2 Å². The number of benzene rings is 3. The lowest BCUT2D eigenvalue weighted by Crippen LogP contribution is -2.03. The molecule has 0 saturated carbocycles. The highest BCUT2D eigenvalue weighted by Crippen LogP contribution is 2.32. The van der Waals surface area contributed by atoms with Gasteiger partial charge >= 0.3 is 0 Å². The number of halogens is 2. The summed E-state index contributed by atoms with van der Waals surface area (Å²) in [5, 5.41) is 4.55. The van der Waals surface area contributed by atoms with Crippen LogP contribution in [0.3, 0.4) is 0 Å². The topological polar surface area (TPSA) is 39.7 Å². The fraction of sp³-hybridized carbons (Fsp3) is 0.217. The molecule has 1 N–H and O–H groups in total. The van der Waals surface area contributed by atoms with Gasteiger partial charge in [-0.05, 0) is 61.0 Å². The molecule has 0 amide bonds. The van der Waals surface area contributed by atoms with Crippen LogP contribution in [0, 0.1) is 0 Å². The molecular weight excluding hydrogens is 409 g/mol. The Morgan fingerprint density at radius 2 is 1.59 bits per heavy atom. The standard InChI is InChI=1S/C23H23Cl2NO3/c1-3-28-23-13-16(14-26-17-8-10-18(27-2)11-9-17)7-12-22(23)29-15-19-20(24)5-4-6-21(19)25/h4-13,26H,3,14-15H2,1-2H3. The van der Waals surface area contributed by atoms with Crippen molar-refractivity contribution in [3.63, 3.8) is 0 Å². The summed E-state index contributed by atoms with van der Waals surface area (Å²) in [7, 11) is 1.65. The lowest BCUT2D eigenvalue weighted by molar-refractivity contribution is 0.269. The van der Waals surface area contributed by atoms with Crippen LogP contribution < -0.4 is 19.5 Å². The number of anilines is 1. The summed E-state index contributed by atoms with van der Waals surface area (Å²) in [5.41, 5.74) is 2.84. The fourth-order valence-electron chi connectivity index (χ4n) is 2.78. The van der Waals surface area contributed by atoms with Gasteiger partial charge in [-0.2, -0.15) is 0 Å². The van der Waals surface area contributed by atoms with Gasteiger partial charge in [0.05, 0.1) is 13.7 Å². The van der Waals surface area contributed by atoms with Crippen LogP contribution in [0.4, 0.5) is 5.69 Å². The number of ether oxygens (including phenoxy) is 3. The highest BCUT2D eigenvalue weighted by Gasteiger charge is 2.10. The Morgan fingerprint density at radius 1 is 0.862 bits per heavy atom. The molecule has 0 unspecified atom stereocenters. The Labute approximate surface area is 181 Å². The van der Waals surface area contributed by atoms with Gasteiger partial charge in [0.25, 0.3) is 0 Å². The third kappa shape index (κ3) is 5.72. The number of nitrogens with one attached hydrogen (secondary N) is 1. The largest absolute Gasteiger partial charge is 0.497 e. The second-order valence-electron chi connectivity index (χ2n) is 6.29. The van der Waals surface area contributed by atoms with Crippen molar-refractivity contribution < 1.29 is 14.2 Å². The van der Waals surface area contributed by atoms with Crippen LogP contribution in [0.15, 0.2) is 60.7 Å². The van der Waals surface area contributed by atoms with Gasteiger partial charge in [-0.15, -0.1) is 0 Å². The van der Waals surface area contributed by atoms with E-state index >= 15 is 0 Å². The maximum Gasteiger partial charge on any atom is 0.161 e. The van der Waals surface area contributed by atoms with Gasteiger partial charge in [0.2, 0.25) is 0 Å². The van der Waals surface area contributed by atoms with Crippen molar-refractivity contribution in [1.82, 2.24) is 0 Å². The molecule has 152 valence electrons. The SMILES string of the molecule is CCOc1cc(CNc2ccc(OC)cc2)ccc1OCc1c(Cl)cccc1Cl. The monoisotopic (exact) mass is 431 g/mol. The molecular formula is C23H23Cl2NO3.